The molecule has 0 aliphatic heterocycles. The number of aromatic nitrogens is 1. The van der Waals surface area contributed by atoms with Crippen molar-refractivity contribution in [2.24, 2.45) is 0 Å². The quantitative estimate of drug-likeness (QED) is 0.689. The van der Waals surface area contributed by atoms with Crippen LogP contribution in [0, 0.1) is 11.3 Å². The summed E-state index contributed by atoms with van der Waals surface area (Å²) in [6, 6.07) is 13.4. The number of hydrogen-bond acceptors (Lipinski definition) is 3. The monoisotopic (exact) mass is 403 g/mol. The van der Waals surface area contributed by atoms with Gasteiger partial charge in [-0.1, -0.05) is 35.9 Å². The number of nitrogen functional groups attached to an aromatic ring is 1. The second-order valence-electron chi connectivity index (χ2n) is 6.08. The standard InChI is InChI=1S/C20H13ClF3N3O/c21-19-14(5-2-6-15(19)20(22,23)24)17-8-18(28)16(26)11-27(17)10-13-4-1-3-12(7-13)9-25/h1-8,11H,10,26H2. The topological polar surface area (TPSA) is 71.8 Å². The number of pyridine rings is 1. The van der Waals surface area contributed by atoms with E-state index >= 15 is 0 Å². The summed E-state index contributed by atoms with van der Waals surface area (Å²) < 4.78 is 41.2. The Morgan fingerprint density at radius 2 is 1.86 bits per heavy atom. The van der Waals surface area contributed by atoms with Crippen molar-refractivity contribution < 1.29 is 13.2 Å². The maximum Gasteiger partial charge on any atom is 0.417 e. The highest BCUT2D eigenvalue weighted by molar-refractivity contribution is 6.34. The van der Waals surface area contributed by atoms with Crippen LogP contribution in [-0.4, -0.2) is 4.57 Å². The molecule has 0 amide bonds. The number of nitriles is 1. The first kappa shape index (κ1) is 19.5. The van der Waals surface area contributed by atoms with Gasteiger partial charge in [0.1, 0.15) is 0 Å². The van der Waals surface area contributed by atoms with Crippen LogP contribution in [0.2, 0.25) is 5.02 Å². The van der Waals surface area contributed by atoms with Crippen LogP contribution in [0.5, 0.6) is 0 Å². The Kier molecular flexibility index (Phi) is 5.16. The number of nitrogens with two attached hydrogens (primary N) is 1. The molecule has 2 aromatic carbocycles. The molecule has 0 saturated heterocycles. The molecule has 1 heterocycles. The van der Waals surface area contributed by atoms with E-state index in [2.05, 4.69) is 0 Å². The molecule has 0 fully saturated rings. The predicted octanol–water partition coefficient (Wildman–Crippen LogP) is 4.69. The average Bonchev–Trinajstić information content (AvgIpc) is 2.64. The molecule has 0 radical (unpaired) electrons. The van der Waals surface area contributed by atoms with Gasteiger partial charge in [-0.2, -0.15) is 18.4 Å². The van der Waals surface area contributed by atoms with Crippen LogP contribution in [0.15, 0.2) is 59.5 Å². The predicted molar refractivity (Wildman–Crippen MR) is 101 cm³/mol. The van der Waals surface area contributed by atoms with Crippen LogP contribution < -0.4 is 11.2 Å². The summed E-state index contributed by atoms with van der Waals surface area (Å²) in [5.74, 6) is 0. The van der Waals surface area contributed by atoms with Gasteiger partial charge >= 0.3 is 6.18 Å². The van der Waals surface area contributed by atoms with Crippen LogP contribution in [-0.2, 0) is 12.7 Å². The van der Waals surface area contributed by atoms with Crippen LogP contribution in [0.1, 0.15) is 16.7 Å². The fourth-order valence-electron chi connectivity index (χ4n) is 2.84. The van der Waals surface area contributed by atoms with Crippen molar-refractivity contribution >= 4 is 17.3 Å². The number of halogens is 4. The van der Waals surface area contributed by atoms with Crippen LogP contribution in [0.25, 0.3) is 11.3 Å². The molecule has 28 heavy (non-hydrogen) atoms. The zero-order chi connectivity index (χ0) is 20.5. The lowest BCUT2D eigenvalue weighted by atomic mass is 10.1. The summed E-state index contributed by atoms with van der Waals surface area (Å²) >= 11 is 6.03. The normalized spacial score (nSPS) is 11.2. The molecule has 0 atom stereocenters. The maximum atomic E-state index is 13.2. The van der Waals surface area contributed by atoms with Gasteiger partial charge < -0.3 is 10.3 Å². The Hall–Kier alpha value is -3.24. The average molecular weight is 404 g/mol. The zero-order valence-corrected chi connectivity index (χ0v) is 15.1. The Labute approximate surface area is 163 Å². The third-order valence-corrected chi connectivity index (χ3v) is 4.55. The Morgan fingerprint density at radius 1 is 1.14 bits per heavy atom. The SMILES string of the molecule is N#Cc1cccc(Cn2cc(N)c(=O)cc2-c2cccc(C(F)(F)F)c2Cl)c1. The van der Waals surface area contributed by atoms with Gasteiger partial charge in [-0.05, 0) is 23.8 Å². The van der Waals surface area contributed by atoms with Crippen molar-refractivity contribution in [1.29, 1.82) is 5.26 Å². The summed E-state index contributed by atoms with van der Waals surface area (Å²) in [6.45, 7) is 0.182. The van der Waals surface area contributed by atoms with Crippen molar-refractivity contribution in [1.82, 2.24) is 4.57 Å². The van der Waals surface area contributed by atoms with Crippen molar-refractivity contribution in [2.75, 3.05) is 5.73 Å². The number of alkyl halides is 3. The molecule has 142 valence electrons. The minimum atomic E-state index is -4.63. The van der Waals surface area contributed by atoms with Gasteiger partial charge in [-0.15, -0.1) is 0 Å². The molecule has 8 heteroatoms. The Bertz CT molecular complexity index is 1150. The maximum absolute atomic E-state index is 13.2. The summed E-state index contributed by atoms with van der Waals surface area (Å²) in [5.41, 5.74) is 5.55. The molecule has 0 spiro atoms. The lowest BCUT2D eigenvalue weighted by Crippen LogP contribution is -2.15. The van der Waals surface area contributed by atoms with Gasteiger partial charge in [-0.25, -0.2) is 0 Å². The molecule has 4 nitrogen and oxygen atoms in total. The van der Waals surface area contributed by atoms with E-state index in [0.717, 1.165) is 12.1 Å². The van der Waals surface area contributed by atoms with Gasteiger partial charge in [0.05, 0.1) is 33.6 Å². The minimum Gasteiger partial charge on any atom is -0.394 e. The fourth-order valence-corrected chi connectivity index (χ4v) is 3.17. The molecule has 0 saturated carbocycles. The minimum absolute atomic E-state index is 0.0525. The molecule has 3 aromatic rings. The number of benzene rings is 2. The number of hydrogen-bond donors (Lipinski definition) is 1. The second kappa shape index (κ2) is 7.41. The largest absolute Gasteiger partial charge is 0.417 e. The molecule has 0 aliphatic rings. The van der Waals surface area contributed by atoms with E-state index in [1.807, 2.05) is 6.07 Å². The van der Waals surface area contributed by atoms with E-state index in [1.54, 1.807) is 24.3 Å². The number of anilines is 1. The lowest BCUT2D eigenvalue weighted by molar-refractivity contribution is -0.137. The van der Waals surface area contributed by atoms with E-state index in [1.165, 1.54) is 22.9 Å². The van der Waals surface area contributed by atoms with Crippen molar-refractivity contribution in [3.63, 3.8) is 0 Å². The highest BCUT2D eigenvalue weighted by Crippen LogP contribution is 2.39. The smallest absolute Gasteiger partial charge is 0.394 e. The van der Waals surface area contributed by atoms with E-state index in [-0.39, 0.29) is 23.5 Å². The van der Waals surface area contributed by atoms with Gasteiger partial charge in [0.15, 0.2) is 0 Å². The number of nitrogens with zero attached hydrogens (tertiary/aromatic N) is 2. The molecule has 0 bridgehead atoms. The molecular formula is C20H13ClF3N3O. The third-order valence-electron chi connectivity index (χ3n) is 4.15. The summed E-state index contributed by atoms with van der Waals surface area (Å²) in [4.78, 5) is 12.1. The van der Waals surface area contributed by atoms with Crippen LogP contribution in [0.3, 0.4) is 0 Å². The van der Waals surface area contributed by atoms with Gasteiger partial charge in [0, 0.05) is 24.4 Å². The van der Waals surface area contributed by atoms with Crippen LogP contribution >= 0.6 is 11.6 Å². The van der Waals surface area contributed by atoms with E-state index < -0.39 is 22.2 Å². The summed E-state index contributed by atoms with van der Waals surface area (Å²) in [6.07, 6.45) is -3.28. The van der Waals surface area contributed by atoms with E-state index in [0.29, 0.717) is 11.1 Å². The van der Waals surface area contributed by atoms with Gasteiger partial charge in [-0.3, -0.25) is 4.79 Å². The van der Waals surface area contributed by atoms with Crippen molar-refractivity contribution in [2.45, 2.75) is 12.7 Å². The molecule has 3 rings (SSSR count). The first-order chi connectivity index (χ1) is 13.2. The van der Waals surface area contributed by atoms with Crippen molar-refractivity contribution in [3.05, 3.63) is 86.7 Å². The van der Waals surface area contributed by atoms with E-state index in [9.17, 15) is 18.0 Å². The molecule has 0 aliphatic carbocycles. The molecule has 1 aromatic heterocycles. The molecular weight excluding hydrogens is 391 g/mol. The Balaban J connectivity index is 2.18. The third kappa shape index (κ3) is 3.87. The van der Waals surface area contributed by atoms with Crippen molar-refractivity contribution in [3.8, 4) is 17.3 Å². The van der Waals surface area contributed by atoms with Gasteiger partial charge in [0.25, 0.3) is 0 Å². The second-order valence-corrected chi connectivity index (χ2v) is 6.46. The van der Waals surface area contributed by atoms with Gasteiger partial charge in [0.2, 0.25) is 5.43 Å². The lowest BCUT2D eigenvalue weighted by Gasteiger charge is -2.18. The number of rotatable bonds is 3. The Morgan fingerprint density at radius 3 is 2.54 bits per heavy atom. The highest BCUT2D eigenvalue weighted by Gasteiger charge is 2.34. The van der Waals surface area contributed by atoms with E-state index in [4.69, 9.17) is 22.6 Å². The first-order valence-electron chi connectivity index (χ1n) is 8.06. The fraction of sp³-hybridized carbons (Fsp3) is 0.100. The zero-order valence-electron chi connectivity index (χ0n) is 14.3. The first-order valence-corrected chi connectivity index (χ1v) is 8.43. The summed E-state index contributed by atoms with van der Waals surface area (Å²) in [7, 11) is 0. The highest BCUT2D eigenvalue weighted by atomic mass is 35.5. The molecule has 2 N–H and O–H groups in total. The molecule has 0 unspecified atom stereocenters. The summed E-state index contributed by atoms with van der Waals surface area (Å²) in [5, 5.41) is 8.54. The van der Waals surface area contributed by atoms with Crippen LogP contribution in [0.4, 0.5) is 18.9 Å².